The molecule has 0 aliphatic heterocycles. The molecule has 0 aliphatic rings. The van der Waals surface area contributed by atoms with Crippen molar-refractivity contribution in [1.29, 1.82) is 0 Å². The molecule has 0 spiro atoms. The Bertz CT molecular complexity index is 1570. The predicted octanol–water partition coefficient (Wildman–Crippen LogP) is 6.86. The number of rotatable bonds is 12. The van der Waals surface area contributed by atoms with E-state index in [4.69, 9.17) is 26.2 Å². The zero-order chi connectivity index (χ0) is 32.8. The van der Waals surface area contributed by atoms with Crippen molar-refractivity contribution in [1.82, 2.24) is 10.3 Å². The number of aliphatic carboxylic acids is 2. The molecule has 0 radical (unpaired) electrons. The zero-order valence-electron chi connectivity index (χ0n) is 23.6. The third kappa shape index (κ3) is 11.8. The maximum Gasteiger partial charge on any atom is 0.490 e. The van der Waals surface area contributed by atoms with Crippen molar-refractivity contribution >= 4 is 35.3 Å². The summed E-state index contributed by atoms with van der Waals surface area (Å²) >= 11 is 6.10. The van der Waals surface area contributed by atoms with Gasteiger partial charge in [-0.25, -0.2) is 9.78 Å². The number of carboxylic acid groups (broad SMARTS) is 2. The fraction of sp³-hybridized carbons (Fsp3) is 0.188. The van der Waals surface area contributed by atoms with E-state index < -0.39 is 24.2 Å². The molecule has 236 valence electrons. The minimum atomic E-state index is -5.08. The quantitative estimate of drug-likeness (QED) is 0.123. The smallest absolute Gasteiger partial charge is 0.490 e. The minimum Gasteiger partial charge on any atom is -0.494 e. The largest absolute Gasteiger partial charge is 0.494 e. The number of hydrogen-bond acceptors (Lipinski definition) is 6. The van der Waals surface area contributed by atoms with E-state index in [2.05, 4.69) is 15.6 Å². The lowest BCUT2D eigenvalue weighted by molar-refractivity contribution is -0.192. The van der Waals surface area contributed by atoms with Gasteiger partial charge in [0.15, 0.2) is 0 Å². The van der Waals surface area contributed by atoms with E-state index in [1.54, 1.807) is 36.5 Å². The Labute approximate surface area is 261 Å². The number of alkyl halides is 3. The van der Waals surface area contributed by atoms with Gasteiger partial charge in [-0.1, -0.05) is 60.1 Å². The summed E-state index contributed by atoms with van der Waals surface area (Å²) in [6.45, 7) is 1.16. The van der Waals surface area contributed by atoms with Crippen LogP contribution in [-0.2, 0) is 9.59 Å². The summed E-state index contributed by atoms with van der Waals surface area (Å²) in [6.07, 6.45) is -2.85. The van der Waals surface area contributed by atoms with Crippen molar-refractivity contribution in [2.75, 3.05) is 18.5 Å². The molecule has 4 aromatic rings. The molecule has 1 amide bonds. The van der Waals surface area contributed by atoms with Crippen LogP contribution in [-0.4, -0.2) is 52.4 Å². The van der Waals surface area contributed by atoms with Crippen LogP contribution < -0.4 is 15.4 Å². The normalized spacial score (nSPS) is 11.4. The van der Waals surface area contributed by atoms with Crippen LogP contribution >= 0.6 is 11.6 Å². The van der Waals surface area contributed by atoms with E-state index in [9.17, 15) is 27.9 Å². The van der Waals surface area contributed by atoms with Gasteiger partial charge in [0.2, 0.25) is 0 Å². The Balaban J connectivity index is 0.000000707. The monoisotopic (exact) mass is 643 g/mol. The lowest BCUT2D eigenvalue weighted by Gasteiger charge is -2.18. The first-order valence-electron chi connectivity index (χ1n) is 13.5. The fourth-order valence-electron chi connectivity index (χ4n) is 3.92. The van der Waals surface area contributed by atoms with Crippen molar-refractivity contribution in [3.63, 3.8) is 0 Å². The number of pyridine rings is 1. The fourth-order valence-corrected chi connectivity index (χ4v) is 4.11. The minimum absolute atomic E-state index is 0.248. The van der Waals surface area contributed by atoms with Crippen LogP contribution in [0, 0.1) is 0 Å². The van der Waals surface area contributed by atoms with E-state index in [0.717, 1.165) is 23.4 Å². The Hall–Kier alpha value is -5.10. The molecule has 0 aliphatic carbocycles. The van der Waals surface area contributed by atoms with Crippen LogP contribution in [0.1, 0.15) is 34.8 Å². The predicted molar refractivity (Wildman–Crippen MR) is 162 cm³/mol. The number of hydrogen-bond donors (Lipinski definition) is 4. The van der Waals surface area contributed by atoms with E-state index in [1.165, 1.54) is 0 Å². The average molecular weight is 644 g/mol. The molecule has 0 saturated heterocycles. The Morgan fingerprint density at radius 3 is 2.22 bits per heavy atom. The first kappa shape index (κ1) is 34.4. The summed E-state index contributed by atoms with van der Waals surface area (Å²) in [5.74, 6) is -2.77. The molecular formula is C32H29ClF3N3O6. The standard InChI is InChI=1S/C30H28ClN3O4.C2HF3O2/c31-25-8-3-6-23(18-25)21-11-13-22(14-12-21)27(20-29(35)36)34-30(37)24-7-4-9-26(19-24)38-17-5-16-33-28-10-1-2-15-32-28;3-2(4,5)1(6)7/h1-4,6-15,18-19,27H,5,16-17,20H2,(H,32,33)(H,34,37)(H,35,36);(H,6,7). The molecule has 9 nitrogen and oxygen atoms in total. The number of aromatic nitrogens is 1. The summed E-state index contributed by atoms with van der Waals surface area (Å²) in [6, 6.07) is 26.7. The first-order valence-corrected chi connectivity index (χ1v) is 13.9. The van der Waals surface area contributed by atoms with E-state index >= 15 is 0 Å². The molecule has 3 aromatic carbocycles. The van der Waals surface area contributed by atoms with Gasteiger partial charge in [-0.3, -0.25) is 9.59 Å². The summed E-state index contributed by atoms with van der Waals surface area (Å²) in [4.78, 5) is 37.7. The van der Waals surface area contributed by atoms with Gasteiger partial charge in [0.25, 0.3) is 5.91 Å². The number of carbonyl (C=O) groups excluding carboxylic acids is 1. The van der Waals surface area contributed by atoms with Crippen molar-refractivity contribution in [2.24, 2.45) is 0 Å². The van der Waals surface area contributed by atoms with Crippen molar-refractivity contribution in [3.05, 3.63) is 113 Å². The SMILES string of the molecule is O=C(O)C(F)(F)F.O=C(O)CC(NC(=O)c1cccc(OCCCNc2ccccn2)c1)c1ccc(-c2cccc(Cl)c2)cc1. The lowest BCUT2D eigenvalue weighted by Crippen LogP contribution is -2.30. The van der Waals surface area contributed by atoms with Crippen molar-refractivity contribution in [3.8, 4) is 16.9 Å². The van der Waals surface area contributed by atoms with Crippen LogP contribution in [0.25, 0.3) is 11.1 Å². The number of benzene rings is 3. The number of carbonyl (C=O) groups is 3. The second-order valence-corrected chi connectivity index (χ2v) is 9.87. The van der Waals surface area contributed by atoms with Crippen LogP contribution in [0.4, 0.5) is 19.0 Å². The number of ether oxygens (including phenoxy) is 1. The number of carboxylic acids is 2. The average Bonchev–Trinajstić information content (AvgIpc) is 3.01. The summed E-state index contributed by atoms with van der Waals surface area (Å²) in [5, 5.41) is 23.3. The second kappa shape index (κ2) is 16.7. The Kier molecular flexibility index (Phi) is 12.7. The molecule has 4 rings (SSSR count). The molecular weight excluding hydrogens is 615 g/mol. The summed E-state index contributed by atoms with van der Waals surface area (Å²) in [5.41, 5.74) is 2.98. The third-order valence-corrected chi connectivity index (χ3v) is 6.29. The Morgan fingerprint density at radius 1 is 0.889 bits per heavy atom. The van der Waals surface area contributed by atoms with Gasteiger partial charge in [0, 0.05) is 23.3 Å². The highest BCUT2D eigenvalue weighted by molar-refractivity contribution is 6.30. The van der Waals surface area contributed by atoms with Crippen LogP contribution in [0.5, 0.6) is 5.75 Å². The van der Waals surface area contributed by atoms with Crippen molar-refractivity contribution < 1.29 is 42.5 Å². The second-order valence-electron chi connectivity index (χ2n) is 9.43. The highest BCUT2D eigenvalue weighted by Crippen LogP contribution is 2.26. The molecule has 0 saturated carbocycles. The van der Waals surface area contributed by atoms with Gasteiger partial charge in [-0.2, -0.15) is 13.2 Å². The first-order chi connectivity index (χ1) is 21.4. The number of amides is 1. The number of nitrogens with zero attached hydrogens (tertiary/aromatic N) is 1. The maximum atomic E-state index is 13.0. The molecule has 1 heterocycles. The molecule has 1 aromatic heterocycles. The highest BCUT2D eigenvalue weighted by Gasteiger charge is 2.38. The van der Waals surface area contributed by atoms with E-state index in [0.29, 0.717) is 35.1 Å². The van der Waals surface area contributed by atoms with Crippen LogP contribution in [0.15, 0.2) is 97.2 Å². The molecule has 1 unspecified atom stereocenters. The molecule has 4 N–H and O–H groups in total. The van der Waals surface area contributed by atoms with E-state index in [1.807, 2.05) is 60.7 Å². The summed E-state index contributed by atoms with van der Waals surface area (Å²) < 4.78 is 37.5. The van der Waals surface area contributed by atoms with Gasteiger partial charge in [-0.15, -0.1) is 0 Å². The van der Waals surface area contributed by atoms with Crippen LogP contribution in [0.2, 0.25) is 5.02 Å². The topological polar surface area (TPSA) is 138 Å². The third-order valence-electron chi connectivity index (χ3n) is 6.05. The molecule has 1 atom stereocenters. The zero-order valence-corrected chi connectivity index (χ0v) is 24.4. The molecule has 0 bridgehead atoms. The molecule has 0 fully saturated rings. The molecule has 13 heteroatoms. The lowest BCUT2D eigenvalue weighted by atomic mass is 9.98. The summed E-state index contributed by atoms with van der Waals surface area (Å²) in [7, 11) is 0. The Morgan fingerprint density at radius 2 is 1.60 bits per heavy atom. The maximum absolute atomic E-state index is 13.0. The molecule has 45 heavy (non-hydrogen) atoms. The van der Waals surface area contributed by atoms with Gasteiger partial charge >= 0.3 is 18.1 Å². The van der Waals surface area contributed by atoms with Gasteiger partial charge < -0.3 is 25.6 Å². The van der Waals surface area contributed by atoms with Crippen LogP contribution in [0.3, 0.4) is 0 Å². The van der Waals surface area contributed by atoms with Gasteiger partial charge in [-0.05, 0) is 65.6 Å². The number of anilines is 1. The number of halogens is 4. The van der Waals surface area contributed by atoms with Gasteiger partial charge in [0.1, 0.15) is 11.6 Å². The highest BCUT2D eigenvalue weighted by atomic mass is 35.5. The van der Waals surface area contributed by atoms with Gasteiger partial charge in [0.05, 0.1) is 19.1 Å². The van der Waals surface area contributed by atoms with E-state index in [-0.39, 0.29) is 12.3 Å². The number of nitrogens with one attached hydrogen (secondary N) is 2. The van der Waals surface area contributed by atoms with Crippen molar-refractivity contribution in [2.45, 2.75) is 25.1 Å².